The molecular formula is C13H18O3. The topological polar surface area (TPSA) is 39.4 Å². The van der Waals surface area contributed by atoms with Crippen LogP contribution in [0.4, 0.5) is 0 Å². The highest BCUT2D eigenvalue weighted by atomic mass is 16.5. The number of rotatable bonds is 3. The molecule has 3 nitrogen and oxygen atoms in total. The van der Waals surface area contributed by atoms with Gasteiger partial charge in [0.05, 0.1) is 18.8 Å². The molecule has 1 aromatic heterocycles. The predicted octanol–water partition coefficient (Wildman–Crippen LogP) is 2.95. The van der Waals surface area contributed by atoms with Crippen molar-refractivity contribution in [2.75, 3.05) is 7.11 Å². The van der Waals surface area contributed by atoms with Crippen molar-refractivity contribution in [2.24, 2.45) is 5.41 Å². The molecular weight excluding hydrogens is 204 g/mol. The number of hydrogen-bond acceptors (Lipinski definition) is 3. The van der Waals surface area contributed by atoms with Gasteiger partial charge in [0.15, 0.2) is 0 Å². The lowest BCUT2D eigenvalue weighted by atomic mass is 9.71. The first kappa shape index (κ1) is 11.2. The highest BCUT2D eigenvalue weighted by Gasteiger charge is 2.41. The van der Waals surface area contributed by atoms with Crippen LogP contribution in [-0.4, -0.2) is 13.1 Å². The summed E-state index contributed by atoms with van der Waals surface area (Å²) in [6, 6.07) is 3.79. The van der Waals surface area contributed by atoms with Crippen LogP contribution in [0.2, 0.25) is 0 Å². The van der Waals surface area contributed by atoms with Crippen molar-refractivity contribution in [1.29, 1.82) is 0 Å². The third kappa shape index (κ3) is 2.13. The summed E-state index contributed by atoms with van der Waals surface area (Å²) in [5.74, 6) is 0.802. The Kier molecular flexibility index (Phi) is 3.32. The van der Waals surface area contributed by atoms with E-state index in [4.69, 9.17) is 9.15 Å². The number of esters is 1. The van der Waals surface area contributed by atoms with E-state index < -0.39 is 0 Å². The quantitative estimate of drug-likeness (QED) is 0.738. The van der Waals surface area contributed by atoms with Gasteiger partial charge in [0.2, 0.25) is 0 Å². The van der Waals surface area contributed by atoms with Crippen LogP contribution in [-0.2, 0) is 16.0 Å². The largest absolute Gasteiger partial charge is 0.469 e. The molecule has 0 spiro atoms. The molecule has 0 bridgehead atoms. The zero-order valence-electron chi connectivity index (χ0n) is 9.70. The summed E-state index contributed by atoms with van der Waals surface area (Å²) in [5, 5.41) is 0. The first-order chi connectivity index (χ1) is 7.77. The molecule has 1 aliphatic rings. The third-order valence-corrected chi connectivity index (χ3v) is 3.52. The first-order valence-corrected chi connectivity index (χ1v) is 5.88. The van der Waals surface area contributed by atoms with E-state index >= 15 is 0 Å². The summed E-state index contributed by atoms with van der Waals surface area (Å²) in [5.41, 5.74) is -0.342. The van der Waals surface area contributed by atoms with Gasteiger partial charge in [0.1, 0.15) is 5.76 Å². The van der Waals surface area contributed by atoms with E-state index in [0.29, 0.717) is 6.42 Å². The van der Waals surface area contributed by atoms with E-state index in [1.54, 1.807) is 6.26 Å². The Hall–Kier alpha value is -1.25. The number of ether oxygens (including phenoxy) is 1. The van der Waals surface area contributed by atoms with Crippen molar-refractivity contribution in [2.45, 2.75) is 38.5 Å². The minimum Gasteiger partial charge on any atom is -0.469 e. The normalized spacial score (nSPS) is 19.3. The standard InChI is InChI=1S/C13H18O3/c1-15-12(14)13(7-3-2-4-8-13)10-11-6-5-9-16-11/h5-6,9H,2-4,7-8,10H2,1H3. The fourth-order valence-electron chi connectivity index (χ4n) is 2.64. The summed E-state index contributed by atoms with van der Waals surface area (Å²) in [6.07, 6.45) is 7.60. The Morgan fingerprint density at radius 2 is 2.19 bits per heavy atom. The molecule has 0 atom stereocenters. The molecule has 0 aliphatic heterocycles. The van der Waals surface area contributed by atoms with E-state index in [9.17, 15) is 4.79 Å². The van der Waals surface area contributed by atoms with Crippen LogP contribution >= 0.6 is 0 Å². The summed E-state index contributed by atoms with van der Waals surface area (Å²) in [7, 11) is 1.47. The molecule has 0 N–H and O–H groups in total. The van der Waals surface area contributed by atoms with E-state index in [2.05, 4.69) is 0 Å². The maximum atomic E-state index is 12.0. The SMILES string of the molecule is COC(=O)C1(Cc2ccco2)CCCCC1. The molecule has 1 aromatic rings. The van der Waals surface area contributed by atoms with Gasteiger partial charge in [-0.05, 0) is 25.0 Å². The van der Waals surface area contributed by atoms with Gasteiger partial charge in [-0.2, -0.15) is 0 Å². The van der Waals surface area contributed by atoms with Crippen LogP contribution in [0.25, 0.3) is 0 Å². The average Bonchev–Trinajstić information content (AvgIpc) is 2.82. The van der Waals surface area contributed by atoms with Gasteiger partial charge in [-0.25, -0.2) is 0 Å². The van der Waals surface area contributed by atoms with Gasteiger partial charge in [0, 0.05) is 6.42 Å². The number of carbonyl (C=O) groups is 1. The summed E-state index contributed by atoms with van der Waals surface area (Å²) >= 11 is 0. The highest BCUT2D eigenvalue weighted by molar-refractivity contribution is 5.77. The Morgan fingerprint density at radius 1 is 1.44 bits per heavy atom. The van der Waals surface area contributed by atoms with Gasteiger partial charge >= 0.3 is 5.97 Å². The van der Waals surface area contributed by atoms with Crippen LogP contribution < -0.4 is 0 Å². The zero-order chi connectivity index (χ0) is 11.4. The van der Waals surface area contributed by atoms with Crippen molar-refractivity contribution in [3.05, 3.63) is 24.2 Å². The molecule has 1 heterocycles. The molecule has 16 heavy (non-hydrogen) atoms. The summed E-state index contributed by atoms with van der Waals surface area (Å²) in [4.78, 5) is 12.0. The van der Waals surface area contributed by atoms with Crippen LogP contribution in [0.1, 0.15) is 37.9 Å². The highest BCUT2D eigenvalue weighted by Crippen LogP contribution is 2.40. The second-order valence-electron chi connectivity index (χ2n) is 4.59. The number of hydrogen-bond donors (Lipinski definition) is 0. The maximum absolute atomic E-state index is 12.0. The minimum absolute atomic E-state index is 0.0800. The Labute approximate surface area is 95.8 Å². The maximum Gasteiger partial charge on any atom is 0.312 e. The van der Waals surface area contributed by atoms with E-state index in [1.165, 1.54) is 13.5 Å². The molecule has 3 heteroatoms. The lowest BCUT2D eigenvalue weighted by Gasteiger charge is -2.33. The first-order valence-electron chi connectivity index (χ1n) is 5.88. The number of methoxy groups -OCH3 is 1. The molecule has 1 fully saturated rings. The second kappa shape index (κ2) is 4.73. The Morgan fingerprint density at radius 3 is 2.75 bits per heavy atom. The lowest BCUT2D eigenvalue weighted by molar-refractivity contribution is -0.155. The summed E-state index contributed by atoms with van der Waals surface area (Å²) < 4.78 is 10.3. The molecule has 88 valence electrons. The molecule has 1 aliphatic carbocycles. The molecule has 0 unspecified atom stereocenters. The third-order valence-electron chi connectivity index (χ3n) is 3.52. The molecule has 0 radical (unpaired) electrons. The van der Waals surface area contributed by atoms with Gasteiger partial charge in [-0.15, -0.1) is 0 Å². The van der Waals surface area contributed by atoms with E-state index in [-0.39, 0.29) is 11.4 Å². The van der Waals surface area contributed by atoms with Crippen LogP contribution in [0.5, 0.6) is 0 Å². The fourth-order valence-corrected chi connectivity index (χ4v) is 2.64. The Bertz CT molecular complexity index is 334. The lowest BCUT2D eigenvalue weighted by Crippen LogP contribution is -2.36. The smallest absolute Gasteiger partial charge is 0.312 e. The summed E-state index contributed by atoms with van der Waals surface area (Å²) in [6.45, 7) is 0. The van der Waals surface area contributed by atoms with Crippen LogP contribution in [0, 0.1) is 5.41 Å². The zero-order valence-corrected chi connectivity index (χ0v) is 9.70. The number of furan rings is 1. The van der Waals surface area contributed by atoms with Gasteiger partial charge in [-0.1, -0.05) is 19.3 Å². The van der Waals surface area contributed by atoms with Crippen molar-refractivity contribution < 1.29 is 13.9 Å². The van der Waals surface area contributed by atoms with Crippen molar-refractivity contribution in [3.8, 4) is 0 Å². The van der Waals surface area contributed by atoms with Crippen LogP contribution in [0.15, 0.2) is 22.8 Å². The van der Waals surface area contributed by atoms with Crippen molar-refractivity contribution in [3.63, 3.8) is 0 Å². The van der Waals surface area contributed by atoms with Gasteiger partial charge in [-0.3, -0.25) is 4.79 Å². The average molecular weight is 222 g/mol. The van der Waals surface area contributed by atoms with Crippen molar-refractivity contribution >= 4 is 5.97 Å². The van der Waals surface area contributed by atoms with Crippen molar-refractivity contribution in [1.82, 2.24) is 0 Å². The monoisotopic (exact) mass is 222 g/mol. The predicted molar refractivity (Wildman–Crippen MR) is 59.9 cm³/mol. The van der Waals surface area contributed by atoms with E-state index in [0.717, 1.165) is 31.4 Å². The minimum atomic E-state index is -0.342. The van der Waals surface area contributed by atoms with Crippen LogP contribution in [0.3, 0.4) is 0 Å². The number of carbonyl (C=O) groups excluding carboxylic acids is 1. The molecule has 0 amide bonds. The molecule has 0 saturated heterocycles. The second-order valence-corrected chi connectivity index (χ2v) is 4.59. The fraction of sp³-hybridized carbons (Fsp3) is 0.615. The van der Waals surface area contributed by atoms with Gasteiger partial charge in [0.25, 0.3) is 0 Å². The molecule has 0 aromatic carbocycles. The molecule has 1 saturated carbocycles. The van der Waals surface area contributed by atoms with Gasteiger partial charge < -0.3 is 9.15 Å². The molecule has 2 rings (SSSR count). The Balaban J connectivity index is 2.16. The van der Waals surface area contributed by atoms with E-state index in [1.807, 2.05) is 12.1 Å².